The topological polar surface area (TPSA) is 75.4 Å². The summed E-state index contributed by atoms with van der Waals surface area (Å²) in [5.74, 6) is -0.121. The molecule has 1 unspecified atom stereocenters. The van der Waals surface area contributed by atoms with Crippen LogP contribution in [0.5, 0.6) is 0 Å². The number of rotatable bonds is 8. The summed E-state index contributed by atoms with van der Waals surface area (Å²) < 4.78 is 0. The minimum Gasteiger partial charge on any atom is -0.354 e. The molecule has 0 aliphatic heterocycles. The molecule has 0 radical (unpaired) electrons. The number of hydrogen-bond donors (Lipinski definition) is 2. The summed E-state index contributed by atoms with van der Waals surface area (Å²) in [5, 5.41) is 2.78. The molecule has 124 valence electrons. The van der Waals surface area contributed by atoms with E-state index in [4.69, 9.17) is 5.73 Å². The SMILES string of the molecule is CCN(CC)C(=O)CCC(=O)NCC(N)c1ccccc1.Cl. The number of hydrogen-bond acceptors (Lipinski definition) is 3. The molecule has 1 aromatic rings. The van der Waals surface area contributed by atoms with Crippen molar-refractivity contribution in [3.8, 4) is 0 Å². The van der Waals surface area contributed by atoms with E-state index < -0.39 is 0 Å². The number of nitrogens with two attached hydrogens (primary N) is 1. The standard InChI is InChI=1S/C16H25N3O2.ClH/c1-3-19(4-2)16(21)11-10-15(20)18-12-14(17)13-8-6-5-7-9-13;/h5-9,14H,3-4,10-12,17H2,1-2H3,(H,18,20);1H. The summed E-state index contributed by atoms with van der Waals surface area (Å²) >= 11 is 0. The Morgan fingerprint density at radius 3 is 2.27 bits per heavy atom. The minimum absolute atomic E-state index is 0. The van der Waals surface area contributed by atoms with Crippen LogP contribution in [-0.2, 0) is 9.59 Å². The Kier molecular flexibility index (Phi) is 10.2. The van der Waals surface area contributed by atoms with E-state index in [1.807, 2.05) is 44.2 Å². The molecule has 0 saturated carbocycles. The smallest absolute Gasteiger partial charge is 0.223 e. The van der Waals surface area contributed by atoms with Crippen LogP contribution in [0.2, 0.25) is 0 Å². The van der Waals surface area contributed by atoms with Crippen LogP contribution in [0.3, 0.4) is 0 Å². The van der Waals surface area contributed by atoms with Gasteiger partial charge >= 0.3 is 0 Å². The maximum Gasteiger partial charge on any atom is 0.223 e. The predicted molar refractivity (Wildman–Crippen MR) is 90.8 cm³/mol. The van der Waals surface area contributed by atoms with Gasteiger partial charge in [0.1, 0.15) is 0 Å². The molecule has 1 aromatic carbocycles. The van der Waals surface area contributed by atoms with Gasteiger partial charge in [0.2, 0.25) is 11.8 Å². The molecule has 0 heterocycles. The number of carbonyl (C=O) groups excluding carboxylic acids is 2. The fourth-order valence-corrected chi connectivity index (χ4v) is 2.09. The van der Waals surface area contributed by atoms with E-state index in [0.717, 1.165) is 5.56 Å². The van der Waals surface area contributed by atoms with E-state index >= 15 is 0 Å². The average Bonchev–Trinajstić information content (AvgIpc) is 2.52. The van der Waals surface area contributed by atoms with E-state index in [2.05, 4.69) is 5.32 Å². The summed E-state index contributed by atoms with van der Waals surface area (Å²) in [6.45, 7) is 5.59. The fourth-order valence-electron chi connectivity index (χ4n) is 2.09. The van der Waals surface area contributed by atoms with Crippen LogP contribution in [0.15, 0.2) is 30.3 Å². The molecule has 22 heavy (non-hydrogen) atoms. The summed E-state index contributed by atoms with van der Waals surface area (Å²) in [6, 6.07) is 9.39. The van der Waals surface area contributed by atoms with Gasteiger partial charge in [0.25, 0.3) is 0 Å². The molecule has 0 bridgehead atoms. The van der Waals surface area contributed by atoms with Crippen molar-refractivity contribution in [1.29, 1.82) is 0 Å². The van der Waals surface area contributed by atoms with Crippen molar-refractivity contribution in [1.82, 2.24) is 10.2 Å². The average molecular weight is 328 g/mol. The lowest BCUT2D eigenvalue weighted by molar-refractivity contribution is -0.133. The molecule has 0 spiro atoms. The van der Waals surface area contributed by atoms with Crippen LogP contribution < -0.4 is 11.1 Å². The Morgan fingerprint density at radius 2 is 1.73 bits per heavy atom. The third-order valence-corrected chi connectivity index (χ3v) is 3.43. The number of carbonyl (C=O) groups is 2. The Hall–Kier alpha value is -1.59. The molecule has 6 heteroatoms. The number of amides is 2. The molecule has 5 nitrogen and oxygen atoms in total. The first-order valence-corrected chi connectivity index (χ1v) is 7.43. The zero-order valence-corrected chi connectivity index (χ0v) is 14.1. The number of benzene rings is 1. The highest BCUT2D eigenvalue weighted by Gasteiger charge is 2.13. The van der Waals surface area contributed by atoms with E-state index in [-0.39, 0.29) is 43.1 Å². The van der Waals surface area contributed by atoms with E-state index in [0.29, 0.717) is 19.6 Å². The van der Waals surface area contributed by atoms with Crippen molar-refractivity contribution < 1.29 is 9.59 Å². The first kappa shape index (κ1) is 20.4. The monoisotopic (exact) mass is 327 g/mol. The highest BCUT2D eigenvalue weighted by Crippen LogP contribution is 2.08. The lowest BCUT2D eigenvalue weighted by Crippen LogP contribution is -2.34. The van der Waals surface area contributed by atoms with Gasteiger partial charge in [-0.15, -0.1) is 12.4 Å². The van der Waals surface area contributed by atoms with Gasteiger partial charge in [-0.05, 0) is 19.4 Å². The maximum atomic E-state index is 11.8. The van der Waals surface area contributed by atoms with Crippen molar-refractivity contribution >= 4 is 24.2 Å². The predicted octanol–water partition coefficient (Wildman–Crippen LogP) is 1.87. The van der Waals surface area contributed by atoms with Crippen LogP contribution in [-0.4, -0.2) is 36.3 Å². The van der Waals surface area contributed by atoms with Gasteiger partial charge in [-0.25, -0.2) is 0 Å². The molecule has 0 aliphatic carbocycles. The second-order valence-electron chi connectivity index (χ2n) is 4.89. The summed E-state index contributed by atoms with van der Waals surface area (Å²) in [5.41, 5.74) is 6.98. The normalized spacial score (nSPS) is 11.2. The van der Waals surface area contributed by atoms with Gasteiger partial charge in [-0.2, -0.15) is 0 Å². The third-order valence-electron chi connectivity index (χ3n) is 3.43. The highest BCUT2D eigenvalue weighted by atomic mass is 35.5. The molecule has 1 rings (SSSR count). The molecular formula is C16H26ClN3O2. The molecule has 2 amide bonds. The summed E-state index contributed by atoms with van der Waals surface area (Å²) in [6.07, 6.45) is 0.449. The summed E-state index contributed by atoms with van der Waals surface area (Å²) in [4.78, 5) is 25.3. The number of halogens is 1. The van der Waals surface area contributed by atoms with Crippen LogP contribution in [0, 0.1) is 0 Å². The van der Waals surface area contributed by atoms with E-state index in [1.54, 1.807) is 4.90 Å². The highest BCUT2D eigenvalue weighted by molar-refractivity contribution is 5.85. The lowest BCUT2D eigenvalue weighted by atomic mass is 10.1. The molecule has 1 atom stereocenters. The van der Waals surface area contributed by atoms with Crippen molar-refractivity contribution in [2.75, 3.05) is 19.6 Å². The Balaban J connectivity index is 0.00000441. The van der Waals surface area contributed by atoms with Crippen molar-refractivity contribution in [2.24, 2.45) is 5.73 Å². The molecule has 0 aromatic heterocycles. The molecule has 3 N–H and O–H groups in total. The van der Waals surface area contributed by atoms with Crippen LogP contribution in [0.1, 0.15) is 38.3 Å². The van der Waals surface area contributed by atoms with Crippen LogP contribution in [0.25, 0.3) is 0 Å². The molecule has 0 saturated heterocycles. The second kappa shape index (κ2) is 11.0. The van der Waals surface area contributed by atoms with Gasteiger partial charge in [0.05, 0.1) is 0 Å². The van der Waals surface area contributed by atoms with Gasteiger partial charge in [0.15, 0.2) is 0 Å². The Morgan fingerprint density at radius 1 is 1.14 bits per heavy atom. The second-order valence-corrected chi connectivity index (χ2v) is 4.89. The molecule has 0 fully saturated rings. The van der Waals surface area contributed by atoms with Crippen LogP contribution in [0.4, 0.5) is 0 Å². The molecule has 0 aliphatic rings. The van der Waals surface area contributed by atoms with Crippen molar-refractivity contribution in [3.63, 3.8) is 0 Å². The molecular weight excluding hydrogens is 302 g/mol. The van der Waals surface area contributed by atoms with E-state index in [9.17, 15) is 9.59 Å². The minimum atomic E-state index is -0.228. The Bertz CT molecular complexity index is 450. The van der Waals surface area contributed by atoms with E-state index in [1.165, 1.54) is 0 Å². The number of nitrogens with zero attached hydrogens (tertiary/aromatic N) is 1. The maximum absolute atomic E-state index is 11.8. The zero-order valence-electron chi connectivity index (χ0n) is 13.2. The summed E-state index contributed by atoms with van der Waals surface area (Å²) in [7, 11) is 0. The quantitative estimate of drug-likeness (QED) is 0.765. The van der Waals surface area contributed by atoms with Gasteiger partial charge in [-0.1, -0.05) is 30.3 Å². The fraction of sp³-hybridized carbons (Fsp3) is 0.500. The van der Waals surface area contributed by atoms with Crippen molar-refractivity contribution in [3.05, 3.63) is 35.9 Å². The van der Waals surface area contributed by atoms with Crippen molar-refractivity contribution in [2.45, 2.75) is 32.7 Å². The van der Waals surface area contributed by atoms with Gasteiger partial charge in [-0.3, -0.25) is 9.59 Å². The zero-order chi connectivity index (χ0) is 15.7. The van der Waals surface area contributed by atoms with Gasteiger partial charge in [0, 0.05) is 38.5 Å². The first-order valence-electron chi connectivity index (χ1n) is 7.43. The third kappa shape index (κ3) is 6.91. The van der Waals surface area contributed by atoms with Crippen LogP contribution >= 0.6 is 12.4 Å². The Labute approximate surface area is 138 Å². The largest absolute Gasteiger partial charge is 0.354 e. The lowest BCUT2D eigenvalue weighted by Gasteiger charge is -2.18. The van der Waals surface area contributed by atoms with Gasteiger partial charge < -0.3 is 16.0 Å². The first-order chi connectivity index (χ1) is 10.1. The number of nitrogens with one attached hydrogen (secondary N) is 1.